The second-order valence-electron chi connectivity index (χ2n) is 7.05. The number of likely N-dealkylation sites (N-methyl/N-ethyl adjacent to an activating group) is 1. The number of nitrogens with zero attached hydrogens (tertiary/aromatic N) is 4. The summed E-state index contributed by atoms with van der Waals surface area (Å²) in [6.07, 6.45) is 6.67. The van der Waals surface area contributed by atoms with Crippen LogP contribution in [0.5, 0.6) is 0 Å². The molecule has 6 heteroatoms. The van der Waals surface area contributed by atoms with Crippen molar-refractivity contribution in [2.75, 3.05) is 20.1 Å². The molecule has 2 fully saturated rings. The molecule has 2 aromatic rings. The van der Waals surface area contributed by atoms with E-state index in [1.807, 2.05) is 28.5 Å². The van der Waals surface area contributed by atoms with E-state index >= 15 is 0 Å². The largest absolute Gasteiger partial charge is 0.342 e. The maximum absolute atomic E-state index is 12.6. The Hall–Kier alpha value is -1.66. The van der Waals surface area contributed by atoms with E-state index in [-0.39, 0.29) is 5.91 Å². The van der Waals surface area contributed by atoms with Gasteiger partial charge in [0.05, 0.1) is 13.0 Å². The molecule has 2 aromatic heterocycles. The lowest BCUT2D eigenvalue weighted by Crippen LogP contribution is -2.48. The van der Waals surface area contributed by atoms with Gasteiger partial charge in [-0.1, -0.05) is 0 Å². The molecule has 24 heavy (non-hydrogen) atoms. The summed E-state index contributed by atoms with van der Waals surface area (Å²) in [5, 5.41) is 8.46. The molecule has 0 aliphatic carbocycles. The Morgan fingerprint density at radius 1 is 1.46 bits per heavy atom. The molecule has 0 radical (unpaired) electrons. The number of hydrogen-bond donors (Lipinski definition) is 0. The Bertz CT molecular complexity index is 669. The van der Waals surface area contributed by atoms with E-state index in [0.717, 1.165) is 38.0 Å². The predicted octanol–water partition coefficient (Wildman–Crippen LogP) is 2.11. The van der Waals surface area contributed by atoms with E-state index in [4.69, 9.17) is 0 Å². The summed E-state index contributed by atoms with van der Waals surface area (Å²) >= 11 is 1.66. The highest BCUT2D eigenvalue weighted by atomic mass is 32.1. The number of thiophene rings is 1. The van der Waals surface area contributed by atoms with Gasteiger partial charge in [0, 0.05) is 37.6 Å². The van der Waals surface area contributed by atoms with Crippen LogP contribution in [0.2, 0.25) is 0 Å². The Labute approximate surface area is 146 Å². The van der Waals surface area contributed by atoms with Gasteiger partial charge < -0.3 is 4.90 Å². The van der Waals surface area contributed by atoms with Crippen molar-refractivity contribution in [1.82, 2.24) is 19.6 Å². The van der Waals surface area contributed by atoms with Gasteiger partial charge in [-0.2, -0.15) is 16.4 Å². The molecule has 2 saturated heterocycles. The van der Waals surface area contributed by atoms with E-state index in [9.17, 15) is 4.79 Å². The summed E-state index contributed by atoms with van der Waals surface area (Å²) in [6, 6.07) is 5.16. The van der Waals surface area contributed by atoms with Crippen molar-refractivity contribution < 1.29 is 4.79 Å². The molecule has 2 aliphatic heterocycles. The molecule has 4 heterocycles. The van der Waals surface area contributed by atoms with Crippen LogP contribution in [0, 0.1) is 5.92 Å². The highest BCUT2D eigenvalue weighted by Crippen LogP contribution is 2.35. The standard InChI is InChI=1S/C18H24N4OS/c1-20-16(12-22-6-2-5-19-22)10-15-11-21(7-3-17(15)20)18(23)9-14-4-8-24-13-14/h2,4-6,8,13,15-17H,3,7,9-12H2,1H3/t15-,16?,17+/m0/s1. The third-order valence-corrected chi connectivity index (χ3v) is 6.34. The van der Waals surface area contributed by atoms with Crippen molar-refractivity contribution in [3.63, 3.8) is 0 Å². The lowest BCUT2D eigenvalue weighted by molar-refractivity contribution is -0.132. The first-order chi connectivity index (χ1) is 11.7. The van der Waals surface area contributed by atoms with Gasteiger partial charge in [0.25, 0.3) is 0 Å². The number of amides is 1. The Morgan fingerprint density at radius 2 is 2.38 bits per heavy atom. The Morgan fingerprint density at radius 3 is 3.12 bits per heavy atom. The number of hydrogen-bond acceptors (Lipinski definition) is 4. The van der Waals surface area contributed by atoms with Crippen LogP contribution in [0.1, 0.15) is 18.4 Å². The van der Waals surface area contributed by atoms with E-state index in [2.05, 4.69) is 33.4 Å². The summed E-state index contributed by atoms with van der Waals surface area (Å²) in [4.78, 5) is 17.2. The van der Waals surface area contributed by atoms with Crippen LogP contribution in [-0.2, 0) is 17.8 Å². The summed E-state index contributed by atoms with van der Waals surface area (Å²) in [5.41, 5.74) is 1.15. The van der Waals surface area contributed by atoms with Crippen LogP contribution in [0.15, 0.2) is 35.3 Å². The average molecular weight is 344 g/mol. The smallest absolute Gasteiger partial charge is 0.227 e. The maximum atomic E-state index is 12.6. The highest BCUT2D eigenvalue weighted by molar-refractivity contribution is 7.07. The van der Waals surface area contributed by atoms with Crippen molar-refractivity contribution in [1.29, 1.82) is 0 Å². The predicted molar refractivity (Wildman–Crippen MR) is 94.9 cm³/mol. The number of piperidine rings is 1. The monoisotopic (exact) mass is 344 g/mol. The summed E-state index contributed by atoms with van der Waals surface area (Å²) < 4.78 is 2.03. The first-order valence-corrected chi connectivity index (χ1v) is 9.63. The molecule has 0 spiro atoms. The van der Waals surface area contributed by atoms with E-state index in [1.165, 1.54) is 0 Å². The second kappa shape index (κ2) is 6.69. The van der Waals surface area contributed by atoms with E-state index in [1.54, 1.807) is 11.3 Å². The number of aromatic nitrogens is 2. The van der Waals surface area contributed by atoms with Gasteiger partial charge in [-0.3, -0.25) is 14.4 Å². The highest BCUT2D eigenvalue weighted by Gasteiger charge is 2.42. The number of carbonyl (C=O) groups is 1. The first-order valence-electron chi connectivity index (χ1n) is 8.69. The summed E-state index contributed by atoms with van der Waals surface area (Å²) in [5.74, 6) is 0.876. The van der Waals surface area contributed by atoms with Crippen molar-refractivity contribution in [3.8, 4) is 0 Å². The fourth-order valence-electron chi connectivity index (χ4n) is 4.31. The molecular weight excluding hydrogens is 320 g/mol. The SMILES string of the molecule is CN1C(Cn2cccn2)C[C@H]2CN(C(=O)Cc3ccsc3)CC[C@H]21. The minimum absolute atomic E-state index is 0.282. The van der Waals surface area contributed by atoms with Gasteiger partial charge in [0.15, 0.2) is 0 Å². The van der Waals surface area contributed by atoms with Crippen molar-refractivity contribution >= 4 is 17.2 Å². The summed E-state index contributed by atoms with van der Waals surface area (Å²) in [7, 11) is 2.24. The van der Waals surface area contributed by atoms with Crippen LogP contribution in [0.3, 0.4) is 0 Å². The minimum atomic E-state index is 0.282. The molecule has 3 atom stereocenters. The second-order valence-corrected chi connectivity index (χ2v) is 7.83. The molecule has 0 aromatic carbocycles. The molecule has 2 aliphatic rings. The minimum Gasteiger partial charge on any atom is -0.342 e. The fraction of sp³-hybridized carbons (Fsp3) is 0.556. The topological polar surface area (TPSA) is 41.4 Å². The number of likely N-dealkylation sites (tertiary alicyclic amines) is 2. The van der Waals surface area contributed by atoms with Gasteiger partial charge in [-0.25, -0.2) is 0 Å². The van der Waals surface area contributed by atoms with Crippen molar-refractivity contribution in [3.05, 3.63) is 40.8 Å². The number of fused-ring (bicyclic) bond motifs is 1. The number of rotatable bonds is 4. The normalized spacial score (nSPS) is 27.4. The Kier molecular flexibility index (Phi) is 4.41. The maximum Gasteiger partial charge on any atom is 0.227 e. The lowest BCUT2D eigenvalue weighted by Gasteiger charge is -2.37. The first kappa shape index (κ1) is 15.8. The molecule has 128 valence electrons. The van der Waals surface area contributed by atoms with Crippen molar-refractivity contribution in [2.24, 2.45) is 5.92 Å². The molecule has 0 saturated carbocycles. The van der Waals surface area contributed by atoms with Crippen molar-refractivity contribution in [2.45, 2.75) is 37.9 Å². The molecular formula is C18H24N4OS. The van der Waals surface area contributed by atoms with Crippen LogP contribution < -0.4 is 0 Å². The molecule has 0 N–H and O–H groups in total. The van der Waals surface area contributed by atoms with Gasteiger partial charge in [-0.05, 0) is 54.3 Å². The van der Waals surface area contributed by atoms with E-state index < -0.39 is 0 Å². The average Bonchev–Trinajstić information content (AvgIpc) is 3.31. The van der Waals surface area contributed by atoms with Gasteiger partial charge in [0.1, 0.15) is 0 Å². The van der Waals surface area contributed by atoms with Gasteiger partial charge in [-0.15, -0.1) is 0 Å². The van der Waals surface area contributed by atoms with Crippen LogP contribution in [-0.4, -0.2) is 57.7 Å². The third-order valence-electron chi connectivity index (χ3n) is 5.61. The molecule has 1 unspecified atom stereocenters. The lowest BCUT2D eigenvalue weighted by atomic mass is 9.92. The molecule has 1 amide bonds. The molecule has 5 nitrogen and oxygen atoms in total. The molecule has 0 bridgehead atoms. The van der Waals surface area contributed by atoms with Crippen LogP contribution >= 0.6 is 11.3 Å². The zero-order chi connectivity index (χ0) is 16.5. The van der Waals surface area contributed by atoms with E-state index in [0.29, 0.717) is 24.4 Å². The van der Waals surface area contributed by atoms with Crippen LogP contribution in [0.4, 0.5) is 0 Å². The van der Waals surface area contributed by atoms with Gasteiger partial charge >= 0.3 is 0 Å². The zero-order valence-electron chi connectivity index (χ0n) is 14.0. The molecule has 4 rings (SSSR count). The van der Waals surface area contributed by atoms with Crippen LogP contribution in [0.25, 0.3) is 0 Å². The number of carbonyl (C=O) groups excluding carboxylic acids is 1. The third kappa shape index (κ3) is 3.13. The summed E-state index contributed by atoms with van der Waals surface area (Å²) in [6.45, 7) is 2.75. The zero-order valence-corrected chi connectivity index (χ0v) is 14.9. The van der Waals surface area contributed by atoms with Gasteiger partial charge in [0.2, 0.25) is 5.91 Å². The fourth-order valence-corrected chi connectivity index (χ4v) is 4.98. The quantitative estimate of drug-likeness (QED) is 0.853. The Balaban J connectivity index is 1.37.